The normalized spacial score (nSPS) is 13.0. The summed E-state index contributed by atoms with van der Waals surface area (Å²) in [4.78, 5) is 0. The maximum atomic E-state index is 9.39. The lowest BCUT2D eigenvalue weighted by atomic mass is 10.4. The monoisotopic (exact) mass is 219 g/mol. The van der Waals surface area contributed by atoms with Crippen molar-refractivity contribution in [2.24, 2.45) is 0 Å². The second-order valence-electron chi connectivity index (χ2n) is 3.50. The third kappa shape index (κ3) is 11.8. The number of hydrogen-bond donors (Lipinski definition) is 2. The molecule has 15 heavy (non-hydrogen) atoms. The summed E-state index contributed by atoms with van der Waals surface area (Å²) in [6, 6.07) is 0. The number of rotatable bonds is 11. The number of likely N-dealkylation sites (N-methyl/N-ethyl adjacent to an activating group) is 1. The number of aliphatic hydroxyl groups is 1. The molecule has 92 valence electrons. The van der Waals surface area contributed by atoms with Crippen molar-refractivity contribution in [3.8, 4) is 0 Å². The summed E-state index contributed by atoms with van der Waals surface area (Å²) in [7, 11) is 0. The maximum absolute atomic E-state index is 9.39. The van der Waals surface area contributed by atoms with Gasteiger partial charge < -0.3 is 19.9 Å². The van der Waals surface area contributed by atoms with Crippen LogP contribution in [0.2, 0.25) is 0 Å². The molecule has 0 bridgehead atoms. The topological polar surface area (TPSA) is 50.7 Å². The Hall–Kier alpha value is -0.160. The molecule has 0 aliphatic rings. The van der Waals surface area contributed by atoms with Crippen molar-refractivity contribution in [2.75, 3.05) is 39.5 Å². The van der Waals surface area contributed by atoms with Crippen LogP contribution in [-0.4, -0.2) is 50.7 Å². The molecule has 0 saturated carbocycles. The Morgan fingerprint density at radius 2 is 1.87 bits per heavy atom. The first-order valence-corrected chi connectivity index (χ1v) is 5.85. The number of ether oxygens (including phenoxy) is 2. The van der Waals surface area contributed by atoms with Crippen LogP contribution in [0.4, 0.5) is 0 Å². The summed E-state index contributed by atoms with van der Waals surface area (Å²) in [6.07, 6.45) is 1.84. The predicted octanol–water partition coefficient (Wildman–Crippen LogP) is 0.790. The van der Waals surface area contributed by atoms with Crippen molar-refractivity contribution >= 4 is 0 Å². The van der Waals surface area contributed by atoms with E-state index in [1.54, 1.807) is 0 Å². The second-order valence-corrected chi connectivity index (χ2v) is 3.50. The van der Waals surface area contributed by atoms with Crippen LogP contribution >= 0.6 is 0 Å². The van der Waals surface area contributed by atoms with Crippen molar-refractivity contribution in [3.63, 3.8) is 0 Å². The lowest BCUT2D eigenvalue weighted by Crippen LogP contribution is -2.30. The number of hydrogen-bond acceptors (Lipinski definition) is 4. The largest absolute Gasteiger partial charge is 0.389 e. The van der Waals surface area contributed by atoms with Crippen molar-refractivity contribution < 1.29 is 14.6 Å². The fourth-order valence-corrected chi connectivity index (χ4v) is 1.06. The minimum absolute atomic E-state index is 0.379. The standard InChI is InChI=1S/C11H25NO3/c1-3-5-6-14-7-8-15-10-11(13)9-12-4-2/h11-13H,3-10H2,1-2H3. The maximum Gasteiger partial charge on any atom is 0.0897 e. The average Bonchev–Trinajstić information content (AvgIpc) is 2.25. The Labute approximate surface area is 93.0 Å². The van der Waals surface area contributed by atoms with E-state index in [-0.39, 0.29) is 0 Å². The molecule has 0 saturated heterocycles. The van der Waals surface area contributed by atoms with Crippen LogP contribution in [0, 0.1) is 0 Å². The molecule has 4 nitrogen and oxygen atoms in total. The molecule has 2 N–H and O–H groups in total. The van der Waals surface area contributed by atoms with E-state index in [4.69, 9.17) is 9.47 Å². The Balaban J connectivity index is 3.02. The molecule has 0 rings (SSSR count). The van der Waals surface area contributed by atoms with Crippen molar-refractivity contribution in [3.05, 3.63) is 0 Å². The quantitative estimate of drug-likeness (QED) is 0.504. The zero-order valence-electron chi connectivity index (χ0n) is 10.00. The molecule has 0 aliphatic carbocycles. The van der Waals surface area contributed by atoms with Gasteiger partial charge in [0.1, 0.15) is 0 Å². The summed E-state index contributed by atoms with van der Waals surface area (Å²) < 4.78 is 10.6. The highest BCUT2D eigenvalue weighted by Gasteiger charge is 2.02. The highest BCUT2D eigenvalue weighted by Crippen LogP contribution is 1.89. The molecule has 0 heterocycles. The van der Waals surface area contributed by atoms with E-state index in [9.17, 15) is 5.11 Å². The smallest absolute Gasteiger partial charge is 0.0897 e. The lowest BCUT2D eigenvalue weighted by molar-refractivity contribution is 0.00408. The van der Waals surface area contributed by atoms with Crippen LogP contribution in [0.15, 0.2) is 0 Å². The van der Waals surface area contributed by atoms with Crippen LogP contribution in [0.1, 0.15) is 26.7 Å². The van der Waals surface area contributed by atoms with Gasteiger partial charge in [0.25, 0.3) is 0 Å². The SMILES string of the molecule is CCCCOCCOCC(O)CNCC. The van der Waals surface area contributed by atoms with Gasteiger partial charge in [0.2, 0.25) is 0 Å². The van der Waals surface area contributed by atoms with Gasteiger partial charge in [-0.15, -0.1) is 0 Å². The van der Waals surface area contributed by atoms with Crippen molar-refractivity contribution in [1.82, 2.24) is 5.32 Å². The minimum atomic E-state index is -0.416. The summed E-state index contributed by atoms with van der Waals surface area (Å²) >= 11 is 0. The molecule has 0 aromatic carbocycles. The first-order valence-electron chi connectivity index (χ1n) is 5.85. The Morgan fingerprint density at radius 3 is 2.53 bits per heavy atom. The molecule has 4 heteroatoms. The van der Waals surface area contributed by atoms with E-state index in [0.717, 1.165) is 26.0 Å². The first-order chi connectivity index (χ1) is 7.31. The summed E-state index contributed by atoms with van der Waals surface area (Å²) in [5.41, 5.74) is 0. The predicted molar refractivity (Wildman–Crippen MR) is 61.1 cm³/mol. The van der Waals surface area contributed by atoms with Gasteiger partial charge in [-0.05, 0) is 13.0 Å². The number of nitrogens with one attached hydrogen (secondary N) is 1. The fraction of sp³-hybridized carbons (Fsp3) is 1.00. The van der Waals surface area contributed by atoms with Gasteiger partial charge in [-0.2, -0.15) is 0 Å². The van der Waals surface area contributed by atoms with E-state index in [1.165, 1.54) is 0 Å². The van der Waals surface area contributed by atoms with Crippen LogP contribution in [0.3, 0.4) is 0 Å². The Kier molecular flexibility index (Phi) is 11.8. The van der Waals surface area contributed by atoms with Crippen LogP contribution in [0.25, 0.3) is 0 Å². The van der Waals surface area contributed by atoms with E-state index >= 15 is 0 Å². The van der Waals surface area contributed by atoms with Crippen LogP contribution < -0.4 is 5.32 Å². The first kappa shape index (κ1) is 14.8. The van der Waals surface area contributed by atoms with E-state index in [1.807, 2.05) is 6.92 Å². The fourth-order valence-electron chi connectivity index (χ4n) is 1.06. The van der Waals surface area contributed by atoms with Crippen LogP contribution in [-0.2, 0) is 9.47 Å². The van der Waals surface area contributed by atoms with E-state index in [2.05, 4.69) is 12.2 Å². The van der Waals surface area contributed by atoms with Gasteiger partial charge in [0.05, 0.1) is 25.9 Å². The third-order valence-electron chi connectivity index (χ3n) is 1.95. The number of unbranched alkanes of at least 4 members (excludes halogenated alkanes) is 1. The van der Waals surface area contributed by atoms with Crippen molar-refractivity contribution in [1.29, 1.82) is 0 Å². The molecule has 0 aromatic rings. The highest BCUT2D eigenvalue weighted by atomic mass is 16.5. The molecule has 0 fully saturated rings. The third-order valence-corrected chi connectivity index (χ3v) is 1.95. The van der Waals surface area contributed by atoms with Gasteiger partial charge in [-0.1, -0.05) is 20.3 Å². The molecule has 0 radical (unpaired) electrons. The van der Waals surface area contributed by atoms with Gasteiger partial charge in [0.15, 0.2) is 0 Å². The minimum Gasteiger partial charge on any atom is -0.389 e. The molecule has 0 spiro atoms. The molecule has 0 aromatic heterocycles. The zero-order valence-corrected chi connectivity index (χ0v) is 10.00. The van der Waals surface area contributed by atoms with E-state index in [0.29, 0.717) is 26.4 Å². The van der Waals surface area contributed by atoms with Gasteiger partial charge in [-0.25, -0.2) is 0 Å². The Morgan fingerprint density at radius 1 is 1.13 bits per heavy atom. The second kappa shape index (κ2) is 11.9. The molecule has 0 aliphatic heterocycles. The van der Waals surface area contributed by atoms with E-state index < -0.39 is 6.10 Å². The molecular formula is C11H25NO3. The average molecular weight is 219 g/mol. The highest BCUT2D eigenvalue weighted by molar-refractivity contribution is 4.56. The van der Waals surface area contributed by atoms with Gasteiger partial charge >= 0.3 is 0 Å². The molecule has 1 atom stereocenters. The zero-order chi connectivity index (χ0) is 11.4. The number of aliphatic hydroxyl groups excluding tert-OH is 1. The van der Waals surface area contributed by atoms with Crippen LogP contribution in [0.5, 0.6) is 0 Å². The van der Waals surface area contributed by atoms with Crippen molar-refractivity contribution in [2.45, 2.75) is 32.8 Å². The van der Waals surface area contributed by atoms with Gasteiger partial charge in [0, 0.05) is 13.2 Å². The summed E-state index contributed by atoms with van der Waals surface area (Å²) in [5.74, 6) is 0. The Bertz CT molecular complexity index is 122. The van der Waals surface area contributed by atoms with Gasteiger partial charge in [-0.3, -0.25) is 0 Å². The molecule has 0 amide bonds. The lowest BCUT2D eigenvalue weighted by Gasteiger charge is -2.11. The molecule has 1 unspecified atom stereocenters. The summed E-state index contributed by atoms with van der Waals surface area (Å²) in [6.45, 7) is 7.97. The summed E-state index contributed by atoms with van der Waals surface area (Å²) in [5, 5.41) is 12.4. The molecular weight excluding hydrogens is 194 g/mol.